The number of hydrogen-bond donors (Lipinski definition) is 0. The summed E-state index contributed by atoms with van der Waals surface area (Å²) in [4.78, 5) is 22.5. The molecule has 0 aromatic carbocycles. The Morgan fingerprint density at radius 3 is 2.87 bits per heavy atom. The average Bonchev–Trinajstić information content (AvgIpc) is 3.19. The molecule has 1 saturated heterocycles. The van der Waals surface area contributed by atoms with Crippen LogP contribution < -0.4 is 4.74 Å². The SMILES string of the molecule is C=Cc1ccc(OC2CN(C(=O)c3cc4ncccn4n3)CCC2(F)F)nc1C=C. The van der Waals surface area contributed by atoms with E-state index in [1.807, 2.05) is 0 Å². The number of carbonyl (C=O) groups is 1. The first kappa shape index (κ1) is 19.7. The van der Waals surface area contributed by atoms with Gasteiger partial charge in [-0.25, -0.2) is 23.3 Å². The zero-order chi connectivity index (χ0) is 21.3. The van der Waals surface area contributed by atoms with Crippen molar-refractivity contribution in [3.63, 3.8) is 0 Å². The van der Waals surface area contributed by atoms with Crippen LogP contribution >= 0.6 is 0 Å². The van der Waals surface area contributed by atoms with Gasteiger partial charge in [-0.3, -0.25) is 4.79 Å². The van der Waals surface area contributed by atoms with Crippen LogP contribution in [0, 0.1) is 0 Å². The van der Waals surface area contributed by atoms with Crippen molar-refractivity contribution in [1.82, 2.24) is 24.5 Å². The molecule has 30 heavy (non-hydrogen) atoms. The van der Waals surface area contributed by atoms with E-state index in [2.05, 4.69) is 28.2 Å². The van der Waals surface area contributed by atoms with Crippen molar-refractivity contribution in [3.05, 3.63) is 66.8 Å². The predicted octanol–water partition coefficient (Wildman–Crippen LogP) is 3.34. The second-order valence-corrected chi connectivity index (χ2v) is 6.85. The molecule has 0 N–H and O–H groups in total. The van der Waals surface area contributed by atoms with Crippen LogP contribution in [-0.2, 0) is 0 Å². The number of hydrogen-bond acceptors (Lipinski definition) is 5. The molecule has 0 aliphatic carbocycles. The second kappa shape index (κ2) is 7.66. The fraction of sp³-hybridized carbons (Fsp3) is 0.238. The van der Waals surface area contributed by atoms with Gasteiger partial charge in [0.25, 0.3) is 11.8 Å². The molecule has 1 amide bonds. The lowest BCUT2D eigenvalue weighted by atomic mass is 10.0. The lowest BCUT2D eigenvalue weighted by molar-refractivity contribution is -0.131. The molecule has 154 valence electrons. The highest BCUT2D eigenvalue weighted by Crippen LogP contribution is 2.32. The van der Waals surface area contributed by atoms with Gasteiger partial charge in [-0.05, 0) is 23.8 Å². The largest absolute Gasteiger partial charge is 0.466 e. The quantitative estimate of drug-likeness (QED) is 0.644. The minimum Gasteiger partial charge on any atom is -0.466 e. The van der Waals surface area contributed by atoms with Gasteiger partial charge in [0.05, 0.1) is 12.2 Å². The summed E-state index contributed by atoms with van der Waals surface area (Å²) in [6.45, 7) is 6.95. The fourth-order valence-electron chi connectivity index (χ4n) is 3.29. The van der Waals surface area contributed by atoms with E-state index in [9.17, 15) is 13.6 Å². The lowest BCUT2D eigenvalue weighted by Crippen LogP contribution is -2.55. The molecule has 1 aliphatic heterocycles. The summed E-state index contributed by atoms with van der Waals surface area (Å²) in [5.41, 5.74) is 1.83. The number of alkyl halides is 2. The molecule has 1 aliphatic rings. The van der Waals surface area contributed by atoms with Gasteiger partial charge in [0.2, 0.25) is 5.88 Å². The van der Waals surface area contributed by atoms with E-state index in [0.29, 0.717) is 16.9 Å². The number of halogens is 2. The van der Waals surface area contributed by atoms with Gasteiger partial charge in [-0.2, -0.15) is 5.10 Å². The third-order valence-corrected chi connectivity index (χ3v) is 4.92. The van der Waals surface area contributed by atoms with Crippen molar-refractivity contribution in [3.8, 4) is 5.88 Å². The number of aromatic nitrogens is 4. The highest BCUT2D eigenvalue weighted by molar-refractivity contribution is 5.93. The first-order valence-corrected chi connectivity index (χ1v) is 9.31. The first-order chi connectivity index (χ1) is 14.4. The third kappa shape index (κ3) is 3.66. The lowest BCUT2D eigenvalue weighted by Gasteiger charge is -2.37. The van der Waals surface area contributed by atoms with Crippen LogP contribution in [0.5, 0.6) is 5.88 Å². The van der Waals surface area contributed by atoms with E-state index in [1.165, 1.54) is 27.6 Å². The van der Waals surface area contributed by atoms with Crippen molar-refractivity contribution in [2.24, 2.45) is 0 Å². The van der Waals surface area contributed by atoms with Gasteiger partial charge >= 0.3 is 0 Å². The number of carbonyl (C=O) groups excluding carboxylic acids is 1. The summed E-state index contributed by atoms with van der Waals surface area (Å²) in [5, 5.41) is 4.18. The maximum atomic E-state index is 14.5. The number of piperidine rings is 1. The van der Waals surface area contributed by atoms with Crippen LogP contribution in [0.25, 0.3) is 17.8 Å². The maximum Gasteiger partial charge on any atom is 0.287 e. The number of pyridine rings is 1. The van der Waals surface area contributed by atoms with Crippen LogP contribution in [0.15, 0.2) is 49.8 Å². The first-order valence-electron chi connectivity index (χ1n) is 9.31. The number of likely N-dealkylation sites (tertiary alicyclic amines) is 1. The molecule has 9 heteroatoms. The van der Waals surface area contributed by atoms with Gasteiger partial charge in [0, 0.05) is 37.5 Å². The second-order valence-electron chi connectivity index (χ2n) is 6.85. The Hall–Kier alpha value is -3.62. The van der Waals surface area contributed by atoms with E-state index < -0.39 is 24.4 Å². The topological polar surface area (TPSA) is 72.6 Å². The highest BCUT2D eigenvalue weighted by Gasteiger charge is 2.47. The normalized spacial score (nSPS) is 18.2. The Labute approximate surface area is 171 Å². The third-order valence-electron chi connectivity index (χ3n) is 4.92. The minimum absolute atomic E-state index is 0.0337. The van der Waals surface area contributed by atoms with Gasteiger partial charge in [0.1, 0.15) is 0 Å². The molecule has 0 saturated carbocycles. The van der Waals surface area contributed by atoms with Crippen LogP contribution in [0.1, 0.15) is 28.2 Å². The van der Waals surface area contributed by atoms with E-state index in [4.69, 9.17) is 4.74 Å². The monoisotopic (exact) mass is 411 g/mol. The summed E-state index contributed by atoms with van der Waals surface area (Å²) in [5.74, 6) is -3.53. The number of amides is 1. The Kier molecular flexibility index (Phi) is 5.03. The molecule has 0 bridgehead atoms. The molecule has 7 nitrogen and oxygen atoms in total. The fourth-order valence-corrected chi connectivity index (χ4v) is 3.29. The number of fused-ring (bicyclic) bond motifs is 1. The van der Waals surface area contributed by atoms with Crippen molar-refractivity contribution in [2.75, 3.05) is 13.1 Å². The van der Waals surface area contributed by atoms with Gasteiger partial charge in [-0.15, -0.1) is 0 Å². The van der Waals surface area contributed by atoms with Crippen LogP contribution in [0.2, 0.25) is 0 Å². The van der Waals surface area contributed by atoms with E-state index in [-0.39, 0.29) is 24.7 Å². The molecule has 3 aromatic rings. The molecule has 0 spiro atoms. The minimum atomic E-state index is -3.11. The smallest absolute Gasteiger partial charge is 0.287 e. The number of ether oxygens (including phenoxy) is 1. The molecular formula is C21H19F2N5O2. The van der Waals surface area contributed by atoms with Crippen molar-refractivity contribution in [2.45, 2.75) is 18.4 Å². The van der Waals surface area contributed by atoms with Gasteiger partial charge in [-0.1, -0.05) is 19.2 Å². The number of nitrogens with zero attached hydrogens (tertiary/aromatic N) is 5. The Morgan fingerprint density at radius 1 is 1.30 bits per heavy atom. The van der Waals surface area contributed by atoms with Crippen LogP contribution in [0.4, 0.5) is 8.78 Å². The maximum absolute atomic E-state index is 14.5. The Bertz CT molecular complexity index is 1090. The zero-order valence-electron chi connectivity index (χ0n) is 16.0. The zero-order valence-corrected chi connectivity index (χ0v) is 16.0. The van der Waals surface area contributed by atoms with Crippen molar-refractivity contribution >= 4 is 23.7 Å². The summed E-state index contributed by atoms with van der Waals surface area (Å²) < 4.78 is 36.0. The standard InChI is InChI=1S/C21H19F2N5O2/c1-3-14-6-7-19(25-15(14)4-2)30-17-13-27(11-8-21(17,22)23)20(29)16-12-18-24-9-5-10-28(18)26-16/h3-7,9-10,12,17H,1-2,8,11,13H2. The van der Waals surface area contributed by atoms with Gasteiger partial charge in [0.15, 0.2) is 17.4 Å². The predicted molar refractivity (Wildman–Crippen MR) is 107 cm³/mol. The van der Waals surface area contributed by atoms with E-state index in [0.717, 1.165) is 0 Å². The summed E-state index contributed by atoms with van der Waals surface area (Å²) in [7, 11) is 0. The van der Waals surface area contributed by atoms with Gasteiger partial charge < -0.3 is 9.64 Å². The molecule has 3 aromatic heterocycles. The molecule has 4 rings (SSSR count). The molecular weight excluding hydrogens is 392 g/mol. The van der Waals surface area contributed by atoms with Crippen LogP contribution in [-0.4, -0.2) is 55.5 Å². The summed E-state index contributed by atoms with van der Waals surface area (Å²) in [6, 6.07) is 6.37. The van der Waals surface area contributed by atoms with Crippen LogP contribution in [0.3, 0.4) is 0 Å². The van der Waals surface area contributed by atoms with E-state index in [1.54, 1.807) is 30.6 Å². The average molecular weight is 411 g/mol. The molecule has 1 unspecified atom stereocenters. The molecule has 1 atom stereocenters. The molecule has 0 radical (unpaired) electrons. The Balaban J connectivity index is 1.55. The number of rotatable bonds is 5. The highest BCUT2D eigenvalue weighted by atomic mass is 19.3. The Morgan fingerprint density at radius 2 is 2.13 bits per heavy atom. The molecule has 4 heterocycles. The van der Waals surface area contributed by atoms with Crippen molar-refractivity contribution < 1.29 is 18.3 Å². The van der Waals surface area contributed by atoms with E-state index >= 15 is 0 Å². The summed E-state index contributed by atoms with van der Waals surface area (Å²) >= 11 is 0. The summed E-state index contributed by atoms with van der Waals surface area (Å²) in [6.07, 6.45) is 4.27. The van der Waals surface area contributed by atoms with Crippen molar-refractivity contribution in [1.29, 1.82) is 0 Å². The molecule has 1 fully saturated rings.